The first-order valence-electron chi connectivity index (χ1n) is 5.43. The number of aryl methyl sites for hydroxylation is 1. The summed E-state index contributed by atoms with van der Waals surface area (Å²) in [6.07, 6.45) is 3.23. The molecule has 0 spiro atoms. The Morgan fingerprint density at radius 3 is 2.69 bits per heavy atom. The summed E-state index contributed by atoms with van der Waals surface area (Å²) in [5.41, 5.74) is -0.795. The smallest absolute Gasteiger partial charge is 0.293 e. The van der Waals surface area contributed by atoms with E-state index < -0.39 is 5.60 Å². The standard InChI is InChI=1S/C11H17N3O2/c1-8(2)11(16)6-14(7-11)9-10(15)13(3)5-4-12-9/h4-5,8,16H,6-7H2,1-3H3. The largest absolute Gasteiger partial charge is 0.386 e. The molecule has 0 radical (unpaired) electrons. The first-order chi connectivity index (χ1) is 7.44. The van der Waals surface area contributed by atoms with Crippen molar-refractivity contribution in [3.63, 3.8) is 0 Å². The van der Waals surface area contributed by atoms with E-state index in [0.29, 0.717) is 18.9 Å². The molecular formula is C11H17N3O2. The molecule has 0 amide bonds. The molecule has 16 heavy (non-hydrogen) atoms. The van der Waals surface area contributed by atoms with Gasteiger partial charge in [-0.2, -0.15) is 0 Å². The third-order valence-electron chi connectivity index (χ3n) is 3.30. The monoisotopic (exact) mass is 223 g/mol. The maximum Gasteiger partial charge on any atom is 0.293 e. The van der Waals surface area contributed by atoms with Crippen molar-refractivity contribution >= 4 is 5.82 Å². The van der Waals surface area contributed by atoms with Gasteiger partial charge in [0.1, 0.15) is 5.60 Å². The van der Waals surface area contributed by atoms with Crippen LogP contribution in [0.3, 0.4) is 0 Å². The van der Waals surface area contributed by atoms with Crippen LogP contribution in [0.1, 0.15) is 13.8 Å². The lowest BCUT2D eigenvalue weighted by molar-refractivity contribution is -0.0306. The molecule has 1 saturated heterocycles. The lowest BCUT2D eigenvalue weighted by Crippen LogP contribution is -2.66. The first kappa shape index (κ1) is 11.1. The Hall–Kier alpha value is -1.36. The van der Waals surface area contributed by atoms with Gasteiger partial charge in [-0.05, 0) is 5.92 Å². The van der Waals surface area contributed by atoms with Crippen LogP contribution in [-0.2, 0) is 7.05 Å². The van der Waals surface area contributed by atoms with E-state index in [1.54, 1.807) is 19.4 Å². The number of anilines is 1. The summed E-state index contributed by atoms with van der Waals surface area (Å²) >= 11 is 0. The SMILES string of the molecule is CC(C)C1(O)CN(c2nccn(C)c2=O)C1. The van der Waals surface area contributed by atoms with Crippen molar-refractivity contribution in [2.75, 3.05) is 18.0 Å². The average Bonchev–Trinajstić information content (AvgIpc) is 2.17. The van der Waals surface area contributed by atoms with Crippen molar-refractivity contribution < 1.29 is 5.11 Å². The van der Waals surface area contributed by atoms with E-state index in [9.17, 15) is 9.90 Å². The Labute approximate surface area is 94.3 Å². The summed E-state index contributed by atoms with van der Waals surface area (Å²) in [7, 11) is 1.70. The van der Waals surface area contributed by atoms with Gasteiger partial charge in [-0.15, -0.1) is 0 Å². The second-order valence-corrected chi connectivity index (χ2v) is 4.78. The van der Waals surface area contributed by atoms with Gasteiger partial charge >= 0.3 is 0 Å². The Morgan fingerprint density at radius 1 is 1.50 bits per heavy atom. The molecule has 1 N–H and O–H groups in total. The summed E-state index contributed by atoms with van der Waals surface area (Å²) < 4.78 is 1.50. The molecule has 0 aromatic carbocycles. The molecule has 88 valence electrons. The van der Waals surface area contributed by atoms with Gasteiger partial charge in [0, 0.05) is 19.4 Å². The van der Waals surface area contributed by atoms with E-state index in [1.807, 2.05) is 18.7 Å². The van der Waals surface area contributed by atoms with Crippen molar-refractivity contribution in [3.05, 3.63) is 22.7 Å². The molecule has 1 aromatic heterocycles. The Morgan fingerprint density at radius 2 is 2.12 bits per heavy atom. The van der Waals surface area contributed by atoms with Crippen molar-refractivity contribution in [2.45, 2.75) is 19.4 Å². The molecule has 0 unspecified atom stereocenters. The minimum absolute atomic E-state index is 0.117. The van der Waals surface area contributed by atoms with Crippen molar-refractivity contribution in [1.29, 1.82) is 0 Å². The highest BCUT2D eigenvalue weighted by molar-refractivity contribution is 5.42. The number of hydrogen-bond donors (Lipinski definition) is 1. The van der Waals surface area contributed by atoms with Crippen LogP contribution in [0.4, 0.5) is 5.82 Å². The second-order valence-electron chi connectivity index (χ2n) is 4.78. The Kier molecular flexibility index (Phi) is 2.50. The molecule has 0 bridgehead atoms. The fourth-order valence-electron chi connectivity index (χ4n) is 1.83. The summed E-state index contributed by atoms with van der Waals surface area (Å²) in [5.74, 6) is 0.617. The van der Waals surface area contributed by atoms with Crippen LogP contribution < -0.4 is 10.5 Å². The first-order valence-corrected chi connectivity index (χ1v) is 5.43. The lowest BCUT2D eigenvalue weighted by atomic mass is 9.83. The summed E-state index contributed by atoms with van der Waals surface area (Å²) in [6.45, 7) is 4.93. The molecule has 5 heteroatoms. The number of hydrogen-bond acceptors (Lipinski definition) is 4. The van der Waals surface area contributed by atoms with E-state index >= 15 is 0 Å². The van der Waals surface area contributed by atoms with Gasteiger partial charge < -0.3 is 14.6 Å². The van der Waals surface area contributed by atoms with Gasteiger partial charge in [0.05, 0.1) is 13.1 Å². The summed E-state index contributed by atoms with van der Waals surface area (Å²) in [4.78, 5) is 17.7. The average molecular weight is 223 g/mol. The van der Waals surface area contributed by atoms with Crippen LogP contribution in [-0.4, -0.2) is 33.3 Å². The van der Waals surface area contributed by atoms with Gasteiger partial charge in [-0.25, -0.2) is 4.98 Å². The highest BCUT2D eigenvalue weighted by atomic mass is 16.3. The minimum Gasteiger partial charge on any atom is -0.386 e. The van der Waals surface area contributed by atoms with E-state index in [0.717, 1.165) is 0 Å². The second kappa shape index (κ2) is 3.59. The van der Waals surface area contributed by atoms with Crippen LogP contribution in [0.2, 0.25) is 0 Å². The number of aromatic nitrogens is 2. The van der Waals surface area contributed by atoms with E-state index in [2.05, 4.69) is 4.98 Å². The van der Waals surface area contributed by atoms with Gasteiger partial charge in [0.25, 0.3) is 5.56 Å². The number of rotatable bonds is 2. The zero-order valence-corrected chi connectivity index (χ0v) is 9.84. The topological polar surface area (TPSA) is 58.4 Å². The zero-order chi connectivity index (χ0) is 11.9. The number of β-amino-alcohol motifs (C(OH)–C–C–N with tert-alkyl or cyclic N) is 1. The quantitative estimate of drug-likeness (QED) is 0.766. The molecule has 2 heterocycles. The van der Waals surface area contributed by atoms with Gasteiger partial charge in [-0.1, -0.05) is 13.8 Å². The fraction of sp³-hybridized carbons (Fsp3) is 0.636. The van der Waals surface area contributed by atoms with Crippen LogP contribution in [0, 0.1) is 5.92 Å². The predicted octanol–water partition coefficient (Wildman–Crippen LogP) is -0.0126. The molecule has 2 rings (SSSR count). The zero-order valence-electron chi connectivity index (χ0n) is 9.84. The van der Waals surface area contributed by atoms with Crippen LogP contribution in [0.15, 0.2) is 17.2 Å². The van der Waals surface area contributed by atoms with E-state index in [-0.39, 0.29) is 11.5 Å². The highest BCUT2D eigenvalue weighted by Crippen LogP contribution is 2.30. The Balaban J connectivity index is 2.19. The number of aliphatic hydroxyl groups is 1. The van der Waals surface area contributed by atoms with Crippen molar-refractivity contribution in [1.82, 2.24) is 9.55 Å². The van der Waals surface area contributed by atoms with Crippen LogP contribution in [0.5, 0.6) is 0 Å². The molecule has 5 nitrogen and oxygen atoms in total. The summed E-state index contributed by atoms with van der Waals surface area (Å²) in [6, 6.07) is 0. The maximum absolute atomic E-state index is 11.8. The third-order valence-corrected chi connectivity index (χ3v) is 3.30. The Bertz CT molecular complexity index is 447. The molecular weight excluding hydrogens is 206 g/mol. The van der Waals surface area contributed by atoms with Gasteiger partial charge in [0.15, 0.2) is 5.82 Å². The van der Waals surface area contributed by atoms with Crippen LogP contribution in [0.25, 0.3) is 0 Å². The maximum atomic E-state index is 11.8. The number of nitrogens with zero attached hydrogens (tertiary/aromatic N) is 3. The normalized spacial score (nSPS) is 18.7. The highest BCUT2D eigenvalue weighted by Gasteiger charge is 2.45. The van der Waals surface area contributed by atoms with E-state index in [1.165, 1.54) is 4.57 Å². The minimum atomic E-state index is -0.678. The van der Waals surface area contributed by atoms with Gasteiger partial charge in [-0.3, -0.25) is 4.79 Å². The molecule has 1 aliphatic heterocycles. The van der Waals surface area contributed by atoms with E-state index in [4.69, 9.17) is 0 Å². The van der Waals surface area contributed by atoms with Gasteiger partial charge in [0.2, 0.25) is 0 Å². The predicted molar refractivity (Wildman–Crippen MR) is 61.5 cm³/mol. The molecule has 1 fully saturated rings. The fourth-order valence-corrected chi connectivity index (χ4v) is 1.83. The molecule has 1 aliphatic rings. The molecule has 0 atom stereocenters. The molecule has 0 aliphatic carbocycles. The third kappa shape index (κ3) is 1.61. The lowest BCUT2D eigenvalue weighted by Gasteiger charge is -2.49. The molecule has 0 saturated carbocycles. The van der Waals surface area contributed by atoms with Crippen LogP contribution >= 0.6 is 0 Å². The summed E-state index contributed by atoms with van der Waals surface area (Å²) in [5, 5.41) is 10.1. The molecule has 1 aromatic rings. The van der Waals surface area contributed by atoms with Crippen molar-refractivity contribution in [3.8, 4) is 0 Å². The van der Waals surface area contributed by atoms with Crippen molar-refractivity contribution in [2.24, 2.45) is 13.0 Å².